The zero-order chi connectivity index (χ0) is 16.9. The molecular weight excluding hydrogens is 362 g/mol. The van der Waals surface area contributed by atoms with E-state index in [1.807, 2.05) is 11.4 Å². The molecule has 1 saturated heterocycles. The Morgan fingerprint density at radius 3 is 2.72 bits per heavy atom. The quantitative estimate of drug-likeness (QED) is 0.635. The van der Waals surface area contributed by atoms with Gasteiger partial charge in [0.2, 0.25) is 0 Å². The van der Waals surface area contributed by atoms with Crippen molar-refractivity contribution in [3.63, 3.8) is 0 Å². The molecule has 6 nitrogen and oxygen atoms in total. The van der Waals surface area contributed by atoms with Gasteiger partial charge in [-0.15, -0.1) is 23.7 Å². The zero-order valence-electron chi connectivity index (χ0n) is 13.4. The third kappa shape index (κ3) is 5.02. The Balaban J connectivity index is 0.00000225. The molecule has 0 radical (unpaired) electrons. The molecular formula is C17H20ClN3O3S. The van der Waals surface area contributed by atoms with E-state index in [9.17, 15) is 14.7 Å². The molecule has 1 aliphatic heterocycles. The molecule has 0 aliphatic carbocycles. The van der Waals surface area contributed by atoms with Gasteiger partial charge in [0.25, 0.3) is 11.8 Å². The maximum Gasteiger partial charge on any atom is 0.265 e. The first kappa shape index (κ1) is 19.4. The Bertz CT molecular complexity index is 724. The van der Waals surface area contributed by atoms with Crippen molar-refractivity contribution in [1.82, 2.24) is 10.6 Å². The molecule has 2 atom stereocenters. The minimum Gasteiger partial charge on any atom is -0.391 e. The minimum atomic E-state index is -0.429. The number of amides is 2. The van der Waals surface area contributed by atoms with Crippen LogP contribution in [0.4, 0.5) is 5.69 Å². The number of rotatable bonds is 5. The van der Waals surface area contributed by atoms with Gasteiger partial charge in [-0.3, -0.25) is 9.59 Å². The fraction of sp³-hybridized carbons (Fsp3) is 0.294. The SMILES string of the molecule is Cl.O=C(NCC1CNCC1O)c1cccc(NC(=O)c2cccs2)c1. The maximum absolute atomic E-state index is 12.3. The summed E-state index contributed by atoms with van der Waals surface area (Å²) in [5, 5.41) is 20.3. The first-order valence-electron chi connectivity index (χ1n) is 7.75. The van der Waals surface area contributed by atoms with Gasteiger partial charge in [0.05, 0.1) is 11.0 Å². The summed E-state index contributed by atoms with van der Waals surface area (Å²) in [7, 11) is 0. The van der Waals surface area contributed by atoms with E-state index < -0.39 is 6.10 Å². The van der Waals surface area contributed by atoms with Gasteiger partial charge in [0, 0.05) is 36.8 Å². The molecule has 25 heavy (non-hydrogen) atoms. The smallest absolute Gasteiger partial charge is 0.265 e. The molecule has 2 amide bonds. The number of halogens is 1. The monoisotopic (exact) mass is 381 g/mol. The summed E-state index contributed by atoms with van der Waals surface area (Å²) in [6, 6.07) is 10.4. The molecule has 3 rings (SSSR count). The number of aliphatic hydroxyl groups excluding tert-OH is 1. The third-order valence-corrected chi connectivity index (χ3v) is 4.83. The van der Waals surface area contributed by atoms with Crippen LogP contribution >= 0.6 is 23.7 Å². The van der Waals surface area contributed by atoms with Gasteiger partial charge < -0.3 is 21.1 Å². The predicted octanol–water partition coefficient (Wildman–Crippen LogP) is 1.73. The van der Waals surface area contributed by atoms with E-state index in [0.717, 1.165) is 0 Å². The number of carbonyl (C=O) groups excluding carboxylic acids is 2. The fourth-order valence-corrected chi connectivity index (χ4v) is 3.21. The molecule has 2 heterocycles. The average Bonchev–Trinajstić information content (AvgIpc) is 3.24. The van der Waals surface area contributed by atoms with Crippen LogP contribution in [0, 0.1) is 5.92 Å². The van der Waals surface area contributed by atoms with E-state index >= 15 is 0 Å². The van der Waals surface area contributed by atoms with Crippen molar-refractivity contribution in [3.05, 3.63) is 52.2 Å². The lowest BCUT2D eigenvalue weighted by molar-refractivity contribution is 0.0926. The minimum absolute atomic E-state index is 0. The van der Waals surface area contributed by atoms with Crippen LogP contribution in [0.15, 0.2) is 41.8 Å². The number of hydrogen-bond donors (Lipinski definition) is 4. The van der Waals surface area contributed by atoms with Gasteiger partial charge in [0.15, 0.2) is 0 Å². The number of thiophene rings is 1. The van der Waals surface area contributed by atoms with Crippen LogP contribution in [0.3, 0.4) is 0 Å². The summed E-state index contributed by atoms with van der Waals surface area (Å²) < 4.78 is 0. The van der Waals surface area contributed by atoms with Gasteiger partial charge in [-0.1, -0.05) is 12.1 Å². The second-order valence-electron chi connectivity index (χ2n) is 5.71. The number of nitrogens with one attached hydrogen (secondary N) is 3. The van der Waals surface area contributed by atoms with Crippen molar-refractivity contribution < 1.29 is 14.7 Å². The van der Waals surface area contributed by atoms with Gasteiger partial charge >= 0.3 is 0 Å². The number of hydrogen-bond acceptors (Lipinski definition) is 5. The maximum atomic E-state index is 12.3. The first-order valence-corrected chi connectivity index (χ1v) is 8.63. The highest BCUT2D eigenvalue weighted by Gasteiger charge is 2.25. The molecule has 2 unspecified atom stereocenters. The molecule has 0 saturated carbocycles. The fourth-order valence-electron chi connectivity index (χ4n) is 2.59. The molecule has 134 valence electrons. The molecule has 1 fully saturated rings. The summed E-state index contributed by atoms with van der Waals surface area (Å²) >= 11 is 1.36. The van der Waals surface area contributed by atoms with Crippen LogP contribution < -0.4 is 16.0 Å². The van der Waals surface area contributed by atoms with Crippen LogP contribution in [-0.4, -0.2) is 42.7 Å². The lowest BCUT2D eigenvalue weighted by Gasteiger charge is -2.14. The summed E-state index contributed by atoms with van der Waals surface area (Å²) in [4.78, 5) is 24.9. The Kier molecular flexibility index (Phi) is 6.95. The molecule has 1 aliphatic rings. The largest absolute Gasteiger partial charge is 0.391 e. The number of anilines is 1. The molecule has 1 aromatic carbocycles. The molecule has 0 bridgehead atoms. The van der Waals surface area contributed by atoms with Crippen LogP contribution in [0.5, 0.6) is 0 Å². The Morgan fingerprint density at radius 1 is 1.20 bits per heavy atom. The van der Waals surface area contributed by atoms with E-state index in [1.54, 1.807) is 30.3 Å². The summed E-state index contributed by atoms with van der Waals surface area (Å²) in [6.07, 6.45) is -0.429. The first-order chi connectivity index (χ1) is 11.6. The topological polar surface area (TPSA) is 90.5 Å². The van der Waals surface area contributed by atoms with E-state index in [-0.39, 0.29) is 30.1 Å². The van der Waals surface area contributed by atoms with Crippen molar-refractivity contribution in [3.8, 4) is 0 Å². The highest BCUT2D eigenvalue weighted by atomic mass is 35.5. The van der Waals surface area contributed by atoms with Crippen molar-refractivity contribution in [2.45, 2.75) is 6.10 Å². The number of β-amino-alcohol motifs (C(OH)–C–C–N with tert-alkyl or cyclic N) is 1. The predicted molar refractivity (Wildman–Crippen MR) is 101 cm³/mol. The van der Waals surface area contributed by atoms with Crippen molar-refractivity contribution in [2.24, 2.45) is 5.92 Å². The second-order valence-corrected chi connectivity index (χ2v) is 6.66. The number of carbonyl (C=O) groups is 2. The van der Waals surface area contributed by atoms with Crippen LogP contribution in [-0.2, 0) is 0 Å². The third-order valence-electron chi connectivity index (χ3n) is 3.96. The van der Waals surface area contributed by atoms with Crippen molar-refractivity contribution in [2.75, 3.05) is 25.0 Å². The highest BCUT2D eigenvalue weighted by molar-refractivity contribution is 7.12. The standard InChI is InChI=1S/C17H19N3O3S.ClH/c21-14-10-18-8-12(14)9-19-16(22)11-3-1-4-13(7-11)20-17(23)15-5-2-6-24-15;/h1-7,12,14,18,21H,8-10H2,(H,19,22)(H,20,23);1H. The van der Waals surface area contributed by atoms with Crippen molar-refractivity contribution in [1.29, 1.82) is 0 Å². The van der Waals surface area contributed by atoms with Gasteiger partial charge in [-0.25, -0.2) is 0 Å². The summed E-state index contributed by atoms with van der Waals surface area (Å²) in [6.45, 7) is 1.67. The van der Waals surface area contributed by atoms with E-state index in [2.05, 4.69) is 16.0 Å². The highest BCUT2D eigenvalue weighted by Crippen LogP contribution is 2.15. The summed E-state index contributed by atoms with van der Waals surface area (Å²) in [5.41, 5.74) is 1.04. The van der Waals surface area contributed by atoms with E-state index in [0.29, 0.717) is 35.8 Å². The van der Waals surface area contributed by atoms with Crippen molar-refractivity contribution >= 4 is 41.2 Å². The van der Waals surface area contributed by atoms with Gasteiger partial charge in [-0.2, -0.15) is 0 Å². The number of benzene rings is 1. The molecule has 2 aromatic rings. The van der Waals surface area contributed by atoms with E-state index in [1.165, 1.54) is 11.3 Å². The lowest BCUT2D eigenvalue weighted by Crippen LogP contribution is -2.34. The lowest BCUT2D eigenvalue weighted by atomic mass is 10.1. The molecule has 1 aromatic heterocycles. The Morgan fingerprint density at radius 2 is 2.04 bits per heavy atom. The normalized spacial score (nSPS) is 19.1. The second kappa shape index (κ2) is 8.96. The van der Waals surface area contributed by atoms with Gasteiger partial charge in [0.1, 0.15) is 0 Å². The summed E-state index contributed by atoms with van der Waals surface area (Å²) in [5.74, 6) is -0.389. The Labute approximate surface area is 156 Å². The molecule has 8 heteroatoms. The van der Waals surface area contributed by atoms with Crippen LogP contribution in [0.1, 0.15) is 20.0 Å². The molecule has 0 spiro atoms. The van der Waals surface area contributed by atoms with E-state index in [4.69, 9.17) is 0 Å². The zero-order valence-corrected chi connectivity index (χ0v) is 15.0. The van der Waals surface area contributed by atoms with Crippen LogP contribution in [0.2, 0.25) is 0 Å². The molecule has 4 N–H and O–H groups in total. The van der Waals surface area contributed by atoms with Crippen LogP contribution in [0.25, 0.3) is 0 Å². The number of aliphatic hydroxyl groups is 1. The van der Waals surface area contributed by atoms with Gasteiger partial charge in [-0.05, 0) is 29.6 Å². The Hall–Kier alpha value is -1.93. The average molecular weight is 382 g/mol.